The van der Waals surface area contributed by atoms with Crippen LogP contribution in [0.2, 0.25) is 0 Å². The number of amides is 1. The summed E-state index contributed by atoms with van der Waals surface area (Å²) in [7, 11) is 0. The lowest BCUT2D eigenvalue weighted by atomic mass is 9.94. The van der Waals surface area contributed by atoms with Gasteiger partial charge in [-0.05, 0) is 0 Å². The lowest BCUT2D eigenvalue weighted by molar-refractivity contribution is -0.350. The van der Waals surface area contributed by atoms with E-state index in [1.165, 1.54) is 6.92 Å². The molecule has 10 atom stereocenters. The summed E-state index contributed by atoms with van der Waals surface area (Å²) in [5.41, 5.74) is 0. The fourth-order valence-electron chi connectivity index (χ4n) is 5.11. The Kier molecular flexibility index (Phi) is 17.4. The molecule has 2 rings (SSSR count). The van der Waals surface area contributed by atoms with Crippen LogP contribution < -0.4 is 5.32 Å². The summed E-state index contributed by atoms with van der Waals surface area (Å²) in [5, 5.41) is 11.6. The number of aliphatic hydroxyl groups excluding tert-OH is 1. The summed E-state index contributed by atoms with van der Waals surface area (Å²) in [6.45, 7) is 6.13. The van der Waals surface area contributed by atoms with Crippen molar-refractivity contribution in [3.05, 3.63) is 0 Å². The molecule has 0 aromatic carbocycles. The molecule has 1 amide bonds. The number of esters is 6. The van der Waals surface area contributed by atoms with E-state index in [0.717, 1.165) is 41.5 Å². The number of hydrogen-bond acceptors (Lipinski definition) is 19. The molecule has 0 aromatic heterocycles. The Hall–Kier alpha value is -3.95. The maximum Gasteiger partial charge on any atom is 0.303 e. The minimum absolute atomic E-state index is 0.00920. The molecular weight excluding hydrogens is 678 g/mol. The van der Waals surface area contributed by atoms with Crippen molar-refractivity contribution < 1.29 is 90.8 Å². The molecule has 0 aliphatic carbocycles. The summed E-state index contributed by atoms with van der Waals surface area (Å²) in [4.78, 5) is 85.2. The Labute approximate surface area is 287 Å². The second-order valence-electron chi connectivity index (χ2n) is 11.0. The van der Waals surface area contributed by atoms with Crippen LogP contribution in [0.5, 0.6) is 0 Å². The zero-order chi connectivity index (χ0) is 37.5. The highest BCUT2D eigenvalue weighted by Crippen LogP contribution is 2.34. The Morgan fingerprint density at radius 2 is 1.04 bits per heavy atom. The summed E-state index contributed by atoms with van der Waals surface area (Å²) in [6.07, 6.45) is -13.7. The van der Waals surface area contributed by atoms with Crippen LogP contribution in [0.25, 0.3) is 0 Å². The second kappa shape index (κ2) is 20.7. The van der Waals surface area contributed by atoms with Gasteiger partial charge in [0, 0.05) is 48.5 Å². The van der Waals surface area contributed by atoms with Gasteiger partial charge in [-0.1, -0.05) is 0 Å². The molecule has 0 aromatic rings. The van der Waals surface area contributed by atoms with E-state index < -0.39 is 116 Å². The molecule has 284 valence electrons. The van der Waals surface area contributed by atoms with E-state index in [4.69, 9.17) is 57.2 Å². The molecular formula is C30H45NO19. The van der Waals surface area contributed by atoms with Crippen molar-refractivity contribution in [3.8, 4) is 0 Å². The minimum Gasteiger partial charge on any atom is -0.463 e. The number of rotatable bonds is 17. The Morgan fingerprint density at radius 3 is 1.54 bits per heavy atom. The average molecular weight is 724 g/mol. The Bertz CT molecular complexity index is 1190. The summed E-state index contributed by atoms with van der Waals surface area (Å²) in [5.74, 6) is -5.59. The van der Waals surface area contributed by atoms with Gasteiger partial charge in [-0.25, -0.2) is 0 Å². The first-order chi connectivity index (χ1) is 23.5. The van der Waals surface area contributed by atoms with E-state index in [1.54, 1.807) is 0 Å². The van der Waals surface area contributed by atoms with E-state index in [1.807, 2.05) is 0 Å². The van der Waals surface area contributed by atoms with Gasteiger partial charge in [-0.3, -0.25) is 33.6 Å². The summed E-state index contributed by atoms with van der Waals surface area (Å²) >= 11 is 0. The van der Waals surface area contributed by atoms with Crippen LogP contribution in [0.1, 0.15) is 48.5 Å². The third-order valence-electron chi connectivity index (χ3n) is 6.75. The maximum absolute atomic E-state index is 12.5. The number of aliphatic hydroxyl groups is 1. The van der Waals surface area contributed by atoms with Crippen LogP contribution in [0.4, 0.5) is 0 Å². The number of ether oxygens (including phenoxy) is 11. The van der Waals surface area contributed by atoms with Crippen molar-refractivity contribution in [1.82, 2.24) is 5.32 Å². The monoisotopic (exact) mass is 723 g/mol. The summed E-state index contributed by atoms with van der Waals surface area (Å²) in [6, 6.07) is -1.29. The largest absolute Gasteiger partial charge is 0.463 e. The van der Waals surface area contributed by atoms with E-state index in [9.17, 15) is 33.6 Å². The first kappa shape index (κ1) is 42.2. The van der Waals surface area contributed by atoms with Gasteiger partial charge in [0.15, 0.2) is 37.0 Å². The Morgan fingerprint density at radius 1 is 0.560 bits per heavy atom. The average Bonchev–Trinajstić information content (AvgIpc) is 2.99. The van der Waals surface area contributed by atoms with Crippen molar-refractivity contribution in [2.24, 2.45) is 0 Å². The quantitative estimate of drug-likeness (QED) is 0.0954. The molecule has 0 bridgehead atoms. The number of nitrogens with one attached hydrogen (secondary N) is 1. The molecule has 2 saturated heterocycles. The molecule has 50 heavy (non-hydrogen) atoms. The maximum atomic E-state index is 12.5. The molecule has 2 aliphatic heterocycles. The van der Waals surface area contributed by atoms with Gasteiger partial charge in [0.25, 0.3) is 0 Å². The van der Waals surface area contributed by atoms with Crippen LogP contribution in [-0.4, -0.2) is 148 Å². The molecule has 0 saturated carbocycles. The SMILES string of the molecule is CC(=O)N[C@H]1[C@H](OCCOCCO)O[C@H](COC(C)=O)[C@@H](O[C@@H]2O[C@H](COC(C)=O)[C@H](OC(C)=O)[C@H](OC(C)=O)[C@H]2OC(C)=O)[C@@H]1OC(C)=O. The number of carbonyl (C=O) groups is 7. The second-order valence-corrected chi connectivity index (χ2v) is 11.0. The number of hydrogen-bond donors (Lipinski definition) is 2. The van der Waals surface area contributed by atoms with Gasteiger partial charge in [0.2, 0.25) is 5.91 Å². The predicted octanol–water partition coefficient (Wildman–Crippen LogP) is -1.80. The highest BCUT2D eigenvalue weighted by atomic mass is 16.8. The van der Waals surface area contributed by atoms with E-state index >= 15 is 0 Å². The molecule has 2 heterocycles. The molecule has 20 nitrogen and oxygen atoms in total. The minimum atomic E-state index is -1.77. The third-order valence-corrected chi connectivity index (χ3v) is 6.75. The van der Waals surface area contributed by atoms with Crippen LogP contribution in [0, 0.1) is 0 Å². The topological polar surface area (TPSA) is 253 Å². The van der Waals surface area contributed by atoms with E-state index in [-0.39, 0.29) is 26.4 Å². The van der Waals surface area contributed by atoms with Crippen molar-refractivity contribution >= 4 is 41.7 Å². The zero-order valence-electron chi connectivity index (χ0n) is 28.8. The van der Waals surface area contributed by atoms with E-state index in [2.05, 4.69) is 5.32 Å². The van der Waals surface area contributed by atoms with Crippen molar-refractivity contribution in [2.75, 3.05) is 39.6 Å². The molecule has 2 N–H and O–H groups in total. The van der Waals surface area contributed by atoms with Crippen LogP contribution in [-0.2, 0) is 85.7 Å². The van der Waals surface area contributed by atoms with Crippen molar-refractivity contribution in [3.63, 3.8) is 0 Å². The molecule has 0 spiro atoms. The molecule has 2 aliphatic rings. The lowest BCUT2D eigenvalue weighted by Crippen LogP contribution is -2.69. The predicted molar refractivity (Wildman–Crippen MR) is 159 cm³/mol. The van der Waals surface area contributed by atoms with Gasteiger partial charge in [-0.2, -0.15) is 0 Å². The number of carbonyl (C=O) groups excluding carboxylic acids is 7. The Balaban J connectivity index is 2.67. The summed E-state index contributed by atoms with van der Waals surface area (Å²) < 4.78 is 61.7. The first-order valence-corrected chi connectivity index (χ1v) is 15.5. The zero-order valence-corrected chi connectivity index (χ0v) is 28.8. The molecule has 0 unspecified atom stereocenters. The third kappa shape index (κ3) is 13.8. The van der Waals surface area contributed by atoms with Gasteiger partial charge in [-0.15, -0.1) is 0 Å². The van der Waals surface area contributed by atoms with Gasteiger partial charge < -0.3 is 62.5 Å². The smallest absolute Gasteiger partial charge is 0.303 e. The highest BCUT2D eigenvalue weighted by Gasteiger charge is 2.57. The standard InChI is InChI=1S/C30H45NO19/c1-14(33)31-23-26(45-18(5)37)24(21(12-42-15(2)34)48-29(23)41-11-10-40-9-8-32)50-30-28(47-20(7)39)27(46-19(6)38)25(44-17(4)36)22(49-30)13-43-16(3)35/h21-30,32H,8-13H2,1-7H3,(H,31,33)/t21-,22-,23-,24-,25+,26-,27+,28-,29-,30+/m1/s1. The molecule has 0 radical (unpaired) electrons. The van der Waals surface area contributed by atoms with E-state index in [0.29, 0.717) is 0 Å². The van der Waals surface area contributed by atoms with Gasteiger partial charge in [0.1, 0.15) is 37.6 Å². The van der Waals surface area contributed by atoms with Crippen molar-refractivity contribution in [2.45, 2.75) is 110 Å². The highest BCUT2D eigenvalue weighted by molar-refractivity contribution is 5.73. The lowest BCUT2D eigenvalue weighted by Gasteiger charge is -2.49. The van der Waals surface area contributed by atoms with Crippen LogP contribution >= 0.6 is 0 Å². The molecule has 2 fully saturated rings. The molecule has 20 heteroatoms. The van der Waals surface area contributed by atoms with Crippen molar-refractivity contribution in [1.29, 1.82) is 0 Å². The van der Waals surface area contributed by atoms with Gasteiger partial charge in [0.05, 0.1) is 26.4 Å². The first-order valence-electron chi connectivity index (χ1n) is 15.5. The fourth-order valence-corrected chi connectivity index (χ4v) is 5.11. The normalized spacial score (nSPS) is 29.1. The fraction of sp³-hybridized carbons (Fsp3) is 0.767. The van der Waals surface area contributed by atoms with Crippen LogP contribution in [0.15, 0.2) is 0 Å². The van der Waals surface area contributed by atoms with Crippen LogP contribution in [0.3, 0.4) is 0 Å². The van der Waals surface area contributed by atoms with Gasteiger partial charge >= 0.3 is 35.8 Å².